The number of aromatic nitrogens is 1. The molecule has 0 amide bonds. The summed E-state index contributed by atoms with van der Waals surface area (Å²) >= 11 is 6.22. The molecule has 3 rings (SSSR count). The van der Waals surface area contributed by atoms with Crippen molar-refractivity contribution in [1.29, 1.82) is 0 Å². The third-order valence-electron chi connectivity index (χ3n) is 4.63. The van der Waals surface area contributed by atoms with Crippen LogP contribution in [-0.4, -0.2) is 17.2 Å². The molecule has 0 saturated heterocycles. The third-order valence-corrected chi connectivity index (χ3v) is 4.96. The lowest BCUT2D eigenvalue weighted by molar-refractivity contribution is 0.279. The second-order valence-corrected chi connectivity index (χ2v) is 6.41. The van der Waals surface area contributed by atoms with Crippen LogP contribution in [0.5, 0.6) is 0 Å². The molecule has 1 aromatic carbocycles. The highest BCUT2D eigenvalue weighted by Crippen LogP contribution is 2.25. The van der Waals surface area contributed by atoms with Crippen molar-refractivity contribution >= 4 is 22.5 Å². The highest BCUT2D eigenvalue weighted by atomic mass is 35.5. The van der Waals surface area contributed by atoms with E-state index in [9.17, 15) is 0 Å². The molecule has 1 fully saturated rings. The highest BCUT2D eigenvalue weighted by molar-refractivity contribution is 6.35. The van der Waals surface area contributed by atoms with Crippen molar-refractivity contribution in [2.24, 2.45) is 5.92 Å². The second-order valence-electron chi connectivity index (χ2n) is 6.00. The molecule has 108 valence electrons. The molecule has 2 nitrogen and oxygen atoms in total. The first-order valence-corrected chi connectivity index (χ1v) is 8.10. The maximum Gasteiger partial charge on any atom is 0.0499 e. The zero-order valence-corrected chi connectivity index (χ0v) is 12.9. The van der Waals surface area contributed by atoms with Crippen LogP contribution >= 0.6 is 11.6 Å². The van der Waals surface area contributed by atoms with Gasteiger partial charge in [0.25, 0.3) is 0 Å². The average molecular weight is 291 g/mol. The summed E-state index contributed by atoms with van der Waals surface area (Å²) in [6.45, 7) is 4.42. The Balaban J connectivity index is 1.61. The van der Waals surface area contributed by atoms with Gasteiger partial charge in [-0.15, -0.1) is 0 Å². The molecule has 1 N–H and O–H groups in total. The van der Waals surface area contributed by atoms with E-state index in [-0.39, 0.29) is 0 Å². The molecular formula is C17H23ClN2. The van der Waals surface area contributed by atoms with Gasteiger partial charge in [-0.3, -0.25) is 0 Å². The summed E-state index contributed by atoms with van der Waals surface area (Å²) in [7, 11) is 0. The van der Waals surface area contributed by atoms with Gasteiger partial charge in [0.1, 0.15) is 0 Å². The molecule has 3 heteroatoms. The van der Waals surface area contributed by atoms with Crippen LogP contribution in [0.3, 0.4) is 0 Å². The molecule has 1 aliphatic carbocycles. The number of fused-ring (bicyclic) bond motifs is 1. The lowest BCUT2D eigenvalue weighted by Crippen LogP contribution is -2.38. The Morgan fingerprint density at radius 1 is 1.25 bits per heavy atom. The number of halogens is 1. The van der Waals surface area contributed by atoms with E-state index in [0.29, 0.717) is 6.04 Å². The van der Waals surface area contributed by atoms with Gasteiger partial charge in [0, 0.05) is 41.3 Å². The molecule has 0 radical (unpaired) electrons. The minimum Gasteiger partial charge on any atom is -0.346 e. The Labute approximate surface area is 126 Å². The summed E-state index contributed by atoms with van der Waals surface area (Å²) in [4.78, 5) is 0. The lowest BCUT2D eigenvalue weighted by atomic mass is 9.86. The fourth-order valence-corrected chi connectivity index (χ4v) is 3.60. The van der Waals surface area contributed by atoms with Gasteiger partial charge in [0.05, 0.1) is 0 Å². The topological polar surface area (TPSA) is 17.0 Å². The Morgan fingerprint density at radius 3 is 2.95 bits per heavy atom. The standard InChI is InChI=1S/C17H23ClN2/c1-13-5-2-3-7-16(13)19-10-12-20-11-9-14-15(18)6-4-8-17(14)20/h4,6,8-9,11,13,16,19H,2-3,5,7,10,12H2,1H3. The lowest BCUT2D eigenvalue weighted by Gasteiger charge is -2.29. The van der Waals surface area contributed by atoms with Gasteiger partial charge in [0.15, 0.2) is 0 Å². The van der Waals surface area contributed by atoms with Gasteiger partial charge in [0.2, 0.25) is 0 Å². The predicted molar refractivity (Wildman–Crippen MR) is 86.4 cm³/mol. The van der Waals surface area contributed by atoms with E-state index in [1.807, 2.05) is 12.1 Å². The third kappa shape index (κ3) is 2.87. The molecular weight excluding hydrogens is 268 g/mol. The normalized spacial score (nSPS) is 23.3. The molecule has 2 atom stereocenters. The van der Waals surface area contributed by atoms with E-state index in [1.165, 1.54) is 31.2 Å². The van der Waals surface area contributed by atoms with Crippen LogP contribution in [0.1, 0.15) is 32.6 Å². The Hall–Kier alpha value is -0.990. The fraction of sp³-hybridized carbons (Fsp3) is 0.529. The van der Waals surface area contributed by atoms with Crippen molar-refractivity contribution in [3.63, 3.8) is 0 Å². The maximum atomic E-state index is 6.22. The predicted octanol–water partition coefficient (Wildman–Crippen LogP) is 4.46. The molecule has 0 spiro atoms. The summed E-state index contributed by atoms with van der Waals surface area (Å²) in [5.41, 5.74) is 1.23. The van der Waals surface area contributed by atoms with Crippen molar-refractivity contribution < 1.29 is 0 Å². The first-order chi connectivity index (χ1) is 9.75. The Morgan fingerprint density at radius 2 is 2.10 bits per heavy atom. The summed E-state index contributed by atoms with van der Waals surface area (Å²) in [5.74, 6) is 0.819. The fourth-order valence-electron chi connectivity index (χ4n) is 3.37. The summed E-state index contributed by atoms with van der Waals surface area (Å²) in [5, 5.41) is 5.73. The second kappa shape index (κ2) is 6.19. The van der Waals surface area contributed by atoms with Gasteiger partial charge < -0.3 is 9.88 Å². The van der Waals surface area contributed by atoms with E-state index in [0.717, 1.165) is 29.4 Å². The van der Waals surface area contributed by atoms with Gasteiger partial charge in [-0.1, -0.05) is 37.4 Å². The number of benzene rings is 1. The van der Waals surface area contributed by atoms with Crippen LogP contribution < -0.4 is 5.32 Å². The SMILES string of the molecule is CC1CCCCC1NCCn1ccc2c(Cl)cccc21. The molecule has 1 aromatic heterocycles. The summed E-state index contributed by atoms with van der Waals surface area (Å²) in [6, 6.07) is 8.94. The van der Waals surface area contributed by atoms with Crippen molar-refractivity contribution in [3.05, 3.63) is 35.5 Å². The first kappa shape index (κ1) is 14.0. The smallest absolute Gasteiger partial charge is 0.0499 e. The van der Waals surface area contributed by atoms with E-state index in [1.54, 1.807) is 0 Å². The van der Waals surface area contributed by atoms with Crippen molar-refractivity contribution in [3.8, 4) is 0 Å². The quantitative estimate of drug-likeness (QED) is 0.879. The minimum atomic E-state index is 0.703. The van der Waals surface area contributed by atoms with Crippen LogP contribution in [0.4, 0.5) is 0 Å². The molecule has 0 bridgehead atoms. The Bertz CT molecular complexity index is 575. The summed E-state index contributed by atoms with van der Waals surface area (Å²) < 4.78 is 2.29. The van der Waals surface area contributed by atoms with Crippen molar-refractivity contribution in [2.75, 3.05) is 6.54 Å². The number of nitrogens with zero attached hydrogens (tertiary/aromatic N) is 1. The average Bonchev–Trinajstić information content (AvgIpc) is 2.86. The van der Waals surface area contributed by atoms with E-state index < -0.39 is 0 Å². The number of hydrogen-bond donors (Lipinski definition) is 1. The zero-order valence-electron chi connectivity index (χ0n) is 12.1. The van der Waals surface area contributed by atoms with Crippen LogP contribution in [-0.2, 0) is 6.54 Å². The van der Waals surface area contributed by atoms with Crippen LogP contribution in [0.15, 0.2) is 30.5 Å². The van der Waals surface area contributed by atoms with E-state index in [2.05, 4.69) is 35.1 Å². The van der Waals surface area contributed by atoms with Crippen molar-refractivity contribution in [2.45, 2.75) is 45.2 Å². The number of nitrogens with one attached hydrogen (secondary N) is 1. The van der Waals surface area contributed by atoms with E-state index in [4.69, 9.17) is 11.6 Å². The largest absolute Gasteiger partial charge is 0.346 e. The number of rotatable bonds is 4. The first-order valence-electron chi connectivity index (χ1n) is 7.72. The van der Waals surface area contributed by atoms with Crippen LogP contribution in [0.2, 0.25) is 5.02 Å². The monoisotopic (exact) mass is 290 g/mol. The molecule has 1 saturated carbocycles. The minimum absolute atomic E-state index is 0.703. The highest BCUT2D eigenvalue weighted by Gasteiger charge is 2.20. The van der Waals surface area contributed by atoms with E-state index >= 15 is 0 Å². The van der Waals surface area contributed by atoms with Crippen LogP contribution in [0.25, 0.3) is 10.9 Å². The van der Waals surface area contributed by atoms with Gasteiger partial charge >= 0.3 is 0 Å². The molecule has 1 aliphatic rings. The summed E-state index contributed by atoms with van der Waals surface area (Å²) in [6.07, 6.45) is 7.63. The van der Waals surface area contributed by atoms with Gasteiger partial charge in [-0.05, 0) is 37.0 Å². The molecule has 1 heterocycles. The number of hydrogen-bond acceptors (Lipinski definition) is 1. The van der Waals surface area contributed by atoms with Gasteiger partial charge in [-0.2, -0.15) is 0 Å². The molecule has 2 unspecified atom stereocenters. The molecule has 2 aromatic rings. The zero-order chi connectivity index (χ0) is 13.9. The molecule has 0 aliphatic heterocycles. The Kier molecular flexibility index (Phi) is 4.32. The molecule has 20 heavy (non-hydrogen) atoms. The maximum absolute atomic E-state index is 6.22. The van der Waals surface area contributed by atoms with Crippen molar-refractivity contribution in [1.82, 2.24) is 9.88 Å². The van der Waals surface area contributed by atoms with Gasteiger partial charge in [-0.25, -0.2) is 0 Å². The van der Waals surface area contributed by atoms with Crippen LogP contribution in [0, 0.1) is 5.92 Å².